The minimum absolute atomic E-state index is 0.252. The lowest BCUT2D eigenvalue weighted by Gasteiger charge is -2.47. The highest BCUT2D eigenvalue weighted by atomic mass is 16.2. The molecule has 0 aromatic carbocycles. The minimum Gasteiger partial charge on any atom is -0.342 e. The normalized spacial score (nSPS) is 19.3. The molecular weight excluding hydrogens is 350 g/mol. The molecule has 28 heavy (non-hydrogen) atoms. The maximum Gasteiger partial charge on any atom is 0.225 e. The Bertz CT molecular complexity index is 810. The van der Waals surface area contributed by atoms with Gasteiger partial charge in [0.1, 0.15) is 0 Å². The lowest BCUT2D eigenvalue weighted by molar-refractivity contribution is -0.138. The third-order valence-corrected chi connectivity index (χ3v) is 6.25. The highest BCUT2D eigenvalue weighted by molar-refractivity contribution is 5.77. The number of piperidine rings is 2. The van der Waals surface area contributed by atoms with Crippen LogP contribution in [0.3, 0.4) is 0 Å². The van der Waals surface area contributed by atoms with Crippen LogP contribution < -0.4 is 4.90 Å². The van der Waals surface area contributed by atoms with Gasteiger partial charge >= 0.3 is 0 Å². The predicted octanol–water partition coefficient (Wildman–Crippen LogP) is 2.94. The smallest absolute Gasteiger partial charge is 0.225 e. The lowest BCUT2D eigenvalue weighted by Crippen LogP contribution is -2.52. The summed E-state index contributed by atoms with van der Waals surface area (Å²) in [5.41, 5.74) is 3.53. The van der Waals surface area contributed by atoms with Crippen LogP contribution >= 0.6 is 0 Å². The molecule has 0 N–H and O–H groups in total. The molecule has 0 radical (unpaired) electrons. The van der Waals surface area contributed by atoms with Crippen LogP contribution in [0, 0.1) is 19.3 Å². The fraction of sp³-hybridized carbons (Fsp3) is 0.545. The zero-order chi connectivity index (χ0) is 19.6. The maximum atomic E-state index is 12.5. The van der Waals surface area contributed by atoms with Crippen LogP contribution in [0.2, 0.25) is 0 Å². The molecule has 0 saturated carbocycles. The number of hydrogen-bond acceptors (Lipinski definition) is 5. The van der Waals surface area contributed by atoms with Gasteiger partial charge in [-0.25, -0.2) is 9.97 Å². The first kappa shape index (κ1) is 18.8. The minimum atomic E-state index is 0.252. The summed E-state index contributed by atoms with van der Waals surface area (Å²) in [7, 11) is 0. The molecule has 2 aliphatic heterocycles. The van der Waals surface area contributed by atoms with E-state index in [1.807, 2.05) is 44.4 Å². The van der Waals surface area contributed by atoms with Crippen LogP contribution in [-0.4, -0.2) is 51.9 Å². The van der Waals surface area contributed by atoms with Crippen LogP contribution in [0.4, 0.5) is 5.95 Å². The summed E-state index contributed by atoms with van der Waals surface area (Å²) in [6.45, 7) is 7.67. The molecule has 1 spiro atoms. The number of aromatic nitrogens is 3. The number of nitrogens with zero attached hydrogens (tertiary/aromatic N) is 5. The third kappa shape index (κ3) is 4.16. The fourth-order valence-electron chi connectivity index (χ4n) is 4.56. The van der Waals surface area contributed by atoms with E-state index in [0.717, 1.165) is 69.2 Å². The number of amides is 1. The summed E-state index contributed by atoms with van der Waals surface area (Å²) in [5.74, 6) is 1.16. The van der Waals surface area contributed by atoms with Crippen molar-refractivity contribution >= 4 is 11.9 Å². The third-order valence-electron chi connectivity index (χ3n) is 6.25. The number of rotatable bonds is 4. The van der Waals surface area contributed by atoms with Gasteiger partial charge in [-0.05, 0) is 68.7 Å². The zero-order valence-corrected chi connectivity index (χ0v) is 16.9. The Balaban J connectivity index is 1.38. The number of hydrogen-bond donors (Lipinski definition) is 0. The van der Waals surface area contributed by atoms with Crippen LogP contribution in [0.15, 0.2) is 30.6 Å². The number of aryl methyl sites for hydroxylation is 2. The first-order valence-corrected chi connectivity index (χ1v) is 10.3. The summed E-state index contributed by atoms with van der Waals surface area (Å²) < 4.78 is 0. The van der Waals surface area contributed by atoms with E-state index < -0.39 is 0 Å². The number of carbonyl (C=O) groups is 1. The van der Waals surface area contributed by atoms with Gasteiger partial charge in [0.15, 0.2) is 0 Å². The van der Waals surface area contributed by atoms with Crippen molar-refractivity contribution in [1.82, 2.24) is 19.9 Å². The largest absolute Gasteiger partial charge is 0.342 e. The molecule has 6 nitrogen and oxygen atoms in total. The van der Waals surface area contributed by atoms with E-state index in [0.29, 0.717) is 12.3 Å². The van der Waals surface area contributed by atoms with Crippen molar-refractivity contribution in [2.45, 2.75) is 46.0 Å². The highest BCUT2D eigenvalue weighted by Crippen LogP contribution is 2.40. The van der Waals surface area contributed by atoms with E-state index in [2.05, 4.69) is 24.8 Å². The molecule has 0 aliphatic carbocycles. The van der Waals surface area contributed by atoms with Crippen LogP contribution in [0.25, 0.3) is 0 Å². The summed E-state index contributed by atoms with van der Waals surface area (Å²) in [5, 5.41) is 0. The van der Waals surface area contributed by atoms with Gasteiger partial charge in [0, 0.05) is 56.4 Å². The van der Waals surface area contributed by atoms with Crippen molar-refractivity contribution in [3.8, 4) is 0 Å². The number of anilines is 1. The molecule has 0 atom stereocenters. The fourth-order valence-corrected chi connectivity index (χ4v) is 4.56. The summed E-state index contributed by atoms with van der Waals surface area (Å²) in [4.78, 5) is 30.2. The zero-order valence-electron chi connectivity index (χ0n) is 16.9. The molecule has 1 amide bonds. The van der Waals surface area contributed by atoms with Crippen molar-refractivity contribution in [1.29, 1.82) is 0 Å². The van der Waals surface area contributed by atoms with Gasteiger partial charge in [-0.1, -0.05) is 0 Å². The Hall–Kier alpha value is -2.50. The van der Waals surface area contributed by atoms with Gasteiger partial charge in [-0.15, -0.1) is 0 Å². The second kappa shape index (κ2) is 7.86. The molecule has 2 fully saturated rings. The predicted molar refractivity (Wildman–Crippen MR) is 109 cm³/mol. The van der Waals surface area contributed by atoms with E-state index in [4.69, 9.17) is 0 Å². The van der Waals surface area contributed by atoms with E-state index >= 15 is 0 Å². The molecule has 2 aromatic heterocycles. The van der Waals surface area contributed by atoms with Crippen LogP contribution in [0.5, 0.6) is 0 Å². The summed E-state index contributed by atoms with van der Waals surface area (Å²) in [6.07, 6.45) is 8.42. The Labute approximate surface area is 167 Å². The average Bonchev–Trinajstić information content (AvgIpc) is 2.69. The van der Waals surface area contributed by atoms with Crippen molar-refractivity contribution in [2.75, 3.05) is 31.1 Å². The second-order valence-corrected chi connectivity index (χ2v) is 8.36. The number of likely N-dealkylation sites (tertiary alicyclic amines) is 1. The molecule has 2 aliphatic rings. The van der Waals surface area contributed by atoms with Crippen LogP contribution in [-0.2, 0) is 11.2 Å². The van der Waals surface area contributed by atoms with Crippen molar-refractivity contribution < 1.29 is 4.79 Å². The van der Waals surface area contributed by atoms with E-state index in [1.165, 1.54) is 5.56 Å². The molecule has 4 rings (SSSR count). The van der Waals surface area contributed by atoms with Gasteiger partial charge in [-0.2, -0.15) is 0 Å². The summed E-state index contributed by atoms with van der Waals surface area (Å²) in [6, 6.07) is 6.08. The van der Waals surface area contributed by atoms with E-state index in [1.54, 1.807) is 0 Å². The van der Waals surface area contributed by atoms with Gasteiger partial charge in [0.25, 0.3) is 0 Å². The van der Waals surface area contributed by atoms with Gasteiger partial charge in [0.05, 0.1) is 0 Å². The Morgan fingerprint density at radius 3 is 2.39 bits per heavy atom. The van der Waals surface area contributed by atoms with Crippen molar-refractivity contribution in [3.63, 3.8) is 0 Å². The number of pyridine rings is 1. The van der Waals surface area contributed by atoms with E-state index in [9.17, 15) is 4.79 Å². The van der Waals surface area contributed by atoms with Crippen molar-refractivity contribution in [3.05, 3.63) is 47.5 Å². The lowest BCUT2D eigenvalue weighted by atomic mass is 9.72. The Morgan fingerprint density at radius 2 is 1.71 bits per heavy atom. The standard InChI is InChI=1S/C22H29N5O/c1-17-15-18(2)25-21(24-17)26-13-8-22(9-14-26)7-3-20(28)27(16-22)12-6-19-4-10-23-11-5-19/h4-5,10-11,15H,3,6-9,12-14,16H2,1-2H3. The maximum absolute atomic E-state index is 12.5. The molecular formula is C22H29N5O. The second-order valence-electron chi connectivity index (χ2n) is 8.36. The van der Waals surface area contributed by atoms with Crippen LogP contribution in [0.1, 0.15) is 42.6 Å². The monoisotopic (exact) mass is 379 g/mol. The van der Waals surface area contributed by atoms with Gasteiger partial charge in [0.2, 0.25) is 11.9 Å². The molecule has 2 saturated heterocycles. The molecule has 6 heteroatoms. The molecule has 0 bridgehead atoms. The molecule has 4 heterocycles. The Morgan fingerprint density at radius 1 is 1.04 bits per heavy atom. The first-order valence-electron chi connectivity index (χ1n) is 10.3. The van der Waals surface area contributed by atoms with Gasteiger partial charge in [-0.3, -0.25) is 9.78 Å². The highest BCUT2D eigenvalue weighted by Gasteiger charge is 2.41. The molecule has 148 valence electrons. The quantitative estimate of drug-likeness (QED) is 0.817. The SMILES string of the molecule is Cc1cc(C)nc(N2CCC3(CCC(=O)N(CCc4ccncc4)C3)CC2)n1. The van der Waals surface area contributed by atoms with Gasteiger partial charge < -0.3 is 9.80 Å². The van der Waals surface area contributed by atoms with Crippen molar-refractivity contribution in [2.24, 2.45) is 5.41 Å². The first-order chi connectivity index (χ1) is 13.5. The average molecular weight is 380 g/mol. The topological polar surface area (TPSA) is 62.2 Å². The summed E-state index contributed by atoms with van der Waals surface area (Å²) >= 11 is 0. The van der Waals surface area contributed by atoms with E-state index in [-0.39, 0.29) is 5.41 Å². The Kier molecular flexibility index (Phi) is 5.29. The molecule has 2 aromatic rings. The molecule has 0 unspecified atom stereocenters. The number of carbonyl (C=O) groups excluding carboxylic acids is 1.